The number of carbonyl (C=O) groups excluding carboxylic acids is 1. The van der Waals surface area contributed by atoms with Gasteiger partial charge in [-0.1, -0.05) is 42.0 Å². The molecule has 1 aliphatic rings. The number of amides is 1. The third kappa shape index (κ3) is 3.31. The Kier molecular flexibility index (Phi) is 4.53. The van der Waals surface area contributed by atoms with Crippen molar-refractivity contribution in [3.05, 3.63) is 65.7 Å². The first-order valence-corrected chi connectivity index (χ1v) is 10.2. The molecule has 0 saturated heterocycles. The first-order chi connectivity index (χ1) is 12.1. The highest BCUT2D eigenvalue weighted by Gasteiger charge is 2.36. The summed E-state index contributed by atoms with van der Waals surface area (Å²) in [4.78, 5) is 14.2. The van der Waals surface area contributed by atoms with Crippen molar-refractivity contribution in [1.29, 1.82) is 0 Å². The molecule has 2 aromatic carbocycles. The van der Waals surface area contributed by atoms with Crippen molar-refractivity contribution in [2.45, 2.75) is 38.1 Å². The predicted molar refractivity (Wildman–Crippen MR) is 105 cm³/mol. The predicted octanol–water partition coefficient (Wildman–Crippen LogP) is 4.00. The molecule has 4 nitrogen and oxygen atoms in total. The van der Waals surface area contributed by atoms with Crippen LogP contribution in [-0.2, 0) is 14.6 Å². The van der Waals surface area contributed by atoms with Gasteiger partial charge in [0.05, 0.1) is 21.9 Å². The van der Waals surface area contributed by atoms with Gasteiger partial charge in [0.2, 0.25) is 5.91 Å². The number of fused-ring (bicyclic) bond motifs is 1. The van der Waals surface area contributed by atoms with E-state index in [4.69, 9.17) is 0 Å². The molecule has 1 heterocycles. The lowest BCUT2D eigenvalue weighted by Crippen LogP contribution is -2.48. The van der Waals surface area contributed by atoms with Crippen molar-refractivity contribution in [3.8, 4) is 0 Å². The molecule has 0 aliphatic carbocycles. The quantitative estimate of drug-likeness (QED) is 0.822. The van der Waals surface area contributed by atoms with Crippen molar-refractivity contribution in [3.63, 3.8) is 0 Å². The Bertz CT molecular complexity index is 986. The van der Waals surface area contributed by atoms with E-state index in [1.807, 2.05) is 51.1 Å². The molecule has 5 heteroatoms. The van der Waals surface area contributed by atoms with Crippen LogP contribution in [0.15, 0.2) is 59.5 Å². The summed E-state index contributed by atoms with van der Waals surface area (Å²) in [5, 5.41) is 0. The summed E-state index contributed by atoms with van der Waals surface area (Å²) in [7, 11) is -3.48. The highest BCUT2D eigenvalue weighted by Crippen LogP contribution is 2.40. The monoisotopic (exact) mass is 369 g/mol. The molecule has 0 radical (unpaired) electrons. The highest BCUT2D eigenvalue weighted by molar-refractivity contribution is 7.91. The fourth-order valence-electron chi connectivity index (χ4n) is 3.55. The van der Waals surface area contributed by atoms with E-state index in [-0.39, 0.29) is 11.7 Å². The maximum Gasteiger partial charge on any atom is 0.224 e. The van der Waals surface area contributed by atoms with Crippen LogP contribution in [0.25, 0.3) is 5.57 Å². The first kappa shape index (κ1) is 18.4. The molecule has 0 spiro atoms. The number of hydrogen-bond acceptors (Lipinski definition) is 3. The third-order valence-corrected chi connectivity index (χ3v) is 6.32. The molecule has 0 saturated carbocycles. The molecule has 0 bridgehead atoms. The van der Waals surface area contributed by atoms with Crippen LogP contribution < -0.4 is 4.90 Å². The Morgan fingerprint density at radius 3 is 2.27 bits per heavy atom. The average Bonchev–Trinajstić information content (AvgIpc) is 2.53. The summed E-state index contributed by atoms with van der Waals surface area (Å²) < 4.78 is 25.9. The molecule has 0 fully saturated rings. The maximum atomic E-state index is 12.9. The number of hydrogen-bond donors (Lipinski definition) is 0. The van der Waals surface area contributed by atoms with Gasteiger partial charge < -0.3 is 4.90 Å². The molecule has 0 atom stereocenters. The molecule has 136 valence electrons. The van der Waals surface area contributed by atoms with E-state index in [0.717, 1.165) is 22.4 Å². The van der Waals surface area contributed by atoms with Crippen molar-refractivity contribution in [2.24, 2.45) is 0 Å². The van der Waals surface area contributed by atoms with Gasteiger partial charge in [-0.05, 0) is 44.5 Å². The van der Waals surface area contributed by atoms with Crippen molar-refractivity contribution >= 4 is 27.0 Å². The normalized spacial score (nSPS) is 16.0. The van der Waals surface area contributed by atoms with E-state index < -0.39 is 15.4 Å². The van der Waals surface area contributed by atoms with E-state index in [2.05, 4.69) is 0 Å². The van der Waals surface area contributed by atoms with Crippen molar-refractivity contribution in [2.75, 3.05) is 10.7 Å². The second-order valence-corrected chi connectivity index (χ2v) is 9.26. The topological polar surface area (TPSA) is 54.5 Å². The summed E-state index contributed by atoms with van der Waals surface area (Å²) in [5.74, 6) is -0.165. The van der Waals surface area contributed by atoms with Gasteiger partial charge >= 0.3 is 0 Å². The zero-order chi connectivity index (χ0) is 19.1. The Balaban J connectivity index is 2.07. The molecule has 3 rings (SSSR count). The fraction of sp³-hybridized carbons (Fsp3) is 0.286. The number of sulfone groups is 1. The van der Waals surface area contributed by atoms with E-state index in [1.54, 1.807) is 29.2 Å². The highest BCUT2D eigenvalue weighted by atomic mass is 32.2. The third-order valence-electron chi connectivity index (χ3n) is 4.64. The molecule has 1 aliphatic heterocycles. The Hall–Kier alpha value is -2.40. The van der Waals surface area contributed by atoms with Gasteiger partial charge in [0.25, 0.3) is 0 Å². The van der Waals surface area contributed by atoms with Gasteiger partial charge in [-0.3, -0.25) is 4.79 Å². The minimum atomic E-state index is -3.48. The van der Waals surface area contributed by atoms with Gasteiger partial charge in [0.1, 0.15) is 0 Å². The lowest BCUT2D eigenvalue weighted by molar-refractivity contribution is -0.117. The van der Waals surface area contributed by atoms with Crippen LogP contribution in [-0.4, -0.2) is 25.6 Å². The van der Waals surface area contributed by atoms with E-state index in [9.17, 15) is 13.2 Å². The number of nitrogens with zero attached hydrogens (tertiary/aromatic N) is 1. The van der Waals surface area contributed by atoms with Crippen LogP contribution in [0.3, 0.4) is 0 Å². The number of aryl methyl sites for hydroxylation is 1. The SMILES string of the molecule is CC(=O)N1c2ccccc2C(CS(=O)(=O)c2ccc(C)cc2)=CC1(C)C. The van der Waals surface area contributed by atoms with Crippen molar-refractivity contribution < 1.29 is 13.2 Å². The van der Waals surface area contributed by atoms with Gasteiger partial charge in [-0.2, -0.15) is 0 Å². The van der Waals surface area contributed by atoms with Crippen LogP contribution in [0, 0.1) is 6.92 Å². The molecule has 0 N–H and O–H groups in total. The first-order valence-electron chi connectivity index (χ1n) is 8.53. The van der Waals surface area contributed by atoms with E-state index in [1.165, 1.54) is 6.92 Å². The molecule has 0 unspecified atom stereocenters. The number of benzene rings is 2. The number of para-hydroxylation sites is 1. The zero-order valence-electron chi connectivity index (χ0n) is 15.5. The van der Waals surface area contributed by atoms with Crippen LogP contribution >= 0.6 is 0 Å². The van der Waals surface area contributed by atoms with Crippen molar-refractivity contribution in [1.82, 2.24) is 0 Å². The van der Waals surface area contributed by atoms with Gasteiger partial charge in [-0.15, -0.1) is 0 Å². The number of rotatable bonds is 3. The number of carbonyl (C=O) groups is 1. The van der Waals surface area contributed by atoms with Crippen LogP contribution in [0.1, 0.15) is 31.9 Å². The second kappa shape index (κ2) is 6.40. The number of anilines is 1. The summed E-state index contributed by atoms with van der Waals surface area (Å²) in [5.41, 5.74) is 2.69. The molecule has 2 aromatic rings. The molecular formula is C21H23NO3S. The van der Waals surface area contributed by atoms with E-state index in [0.29, 0.717) is 4.90 Å². The second-order valence-electron chi connectivity index (χ2n) is 7.27. The Morgan fingerprint density at radius 1 is 1.04 bits per heavy atom. The minimum Gasteiger partial charge on any atom is -0.303 e. The van der Waals surface area contributed by atoms with E-state index >= 15 is 0 Å². The van der Waals surface area contributed by atoms with Crippen LogP contribution in [0.4, 0.5) is 5.69 Å². The summed E-state index contributed by atoms with van der Waals surface area (Å²) in [6, 6.07) is 14.4. The van der Waals surface area contributed by atoms with Gasteiger partial charge in [-0.25, -0.2) is 8.42 Å². The fourth-order valence-corrected chi connectivity index (χ4v) is 4.91. The smallest absolute Gasteiger partial charge is 0.224 e. The largest absolute Gasteiger partial charge is 0.303 e. The van der Waals surface area contributed by atoms with Crippen LogP contribution in [0.2, 0.25) is 0 Å². The summed E-state index contributed by atoms with van der Waals surface area (Å²) in [6.45, 7) is 7.29. The lowest BCUT2D eigenvalue weighted by atomic mass is 9.89. The maximum absolute atomic E-state index is 12.9. The van der Waals surface area contributed by atoms with Gasteiger partial charge in [0, 0.05) is 12.5 Å². The van der Waals surface area contributed by atoms with Crippen LogP contribution in [0.5, 0.6) is 0 Å². The van der Waals surface area contributed by atoms with Gasteiger partial charge in [0.15, 0.2) is 9.84 Å². The Morgan fingerprint density at radius 2 is 1.65 bits per heavy atom. The molecule has 26 heavy (non-hydrogen) atoms. The minimum absolute atomic E-state index is 0.0702. The molecule has 0 aromatic heterocycles. The lowest BCUT2D eigenvalue weighted by Gasteiger charge is -2.41. The summed E-state index contributed by atoms with van der Waals surface area (Å²) in [6.07, 6.45) is 1.89. The standard InChI is InChI=1S/C21H23NO3S/c1-15-9-11-18(12-10-15)26(24,25)14-17-13-21(3,4)22(16(2)23)20-8-6-5-7-19(17)20/h5-13H,14H2,1-4H3. The Labute approximate surface area is 155 Å². The average molecular weight is 369 g/mol. The zero-order valence-corrected chi connectivity index (χ0v) is 16.3. The molecule has 1 amide bonds. The molecular weight excluding hydrogens is 346 g/mol. The summed E-state index contributed by atoms with van der Waals surface area (Å²) >= 11 is 0.